The van der Waals surface area contributed by atoms with Crippen molar-refractivity contribution in [3.63, 3.8) is 0 Å². The molecular weight excluding hydrogens is 194 g/mol. The van der Waals surface area contributed by atoms with E-state index in [-0.39, 0.29) is 11.3 Å². The van der Waals surface area contributed by atoms with Gasteiger partial charge >= 0.3 is 0 Å². The van der Waals surface area contributed by atoms with Crippen molar-refractivity contribution < 1.29 is 4.74 Å². The normalized spacial score (nSPS) is 42.6. The van der Waals surface area contributed by atoms with E-state index < -0.39 is 0 Å². The van der Waals surface area contributed by atoms with Gasteiger partial charge in [-0.1, -0.05) is 0 Å². The highest BCUT2D eigenvalue weighted by Crippen LogP contribution is 2.37. The fourth-order valence-electron chi connectivity index (χ4n) is 2.80. The molecule has 2 saturated heterocycles. The van der Waals surface area contributed by atoms with Crippen molar-refractivity contribution in [1.82, 2.24) is 5.32 Å². The number of thioether (sulfide) groups is 1. The minimum Gasteiger partial charge on any atom is -0.354 e. The zero-order valence-electron chi connectivity index (χ0n) is 9.43. The van der Waals surface area contributed by atoms with Crippen LogP contribution in [-0.4, -0.2) is 28.9 Å². The SMILES string of the molecule is CC1CC(C)(C)OC2(CCCSC2)N1. The van der Waals surface area contributed by atoms with Crippen LogP contribution < -0.4 is 5.32 Å². The summed E-state index contributed by atoms with van der Waals surface area (Å²) >= 11 is 2.02. The summed E-state index contributed by atoms with van der Waals surface area (Å²) in [6.45, 7) is 6.70. The largest absolute Gasteiger partial charge is 0.354 e. The molecule has 14 heavy (non-hydrogen) atoms. The molecule has 0 radical (unpaired) electrons. The molecule has 82 valence electrons. The van der Waals surface area contributed by atoms with Crippen LogP contribution in [0.2, 0.25) is 0 Å². The second kappa shape index (κ2) is 3.69. The third-order valence-corrected chi connectivity index (χ3v) is 4.23. The summed E-state index contributed by atoms with van der Waals surface area (Å²) in [5.74, 6) is 2.41. The Labute approximate surface area is 91.2 Å². The molecule has 2 nitrogen and oxygen atoms in total. The molecule has 0 saturated carbocycles. The lowest BCUT2D eigenvalue weighted by Gasteiger charge is -2.50. The van der Waals surface area contributed by atoms with E-state index >= 15 is 0 Å². The molecule has 2 fully saturated rings. The quantitative estimate of drug-likeness (QED) is 0.670. The van der Waals surface area contributed by atoms with Crippen molar-refractivity contribution in [2.24, 2.45) is 0 Å². The first-order valence-corrected chi connectivity index (χ1v) is 6.73. The molecule has 2 aliphatic rings. The van der Waals surface area contributed by atoms with Crippen LogP contribution in [0.15, 0.2) is 0 Å². The zero-order valence-corrected chi connectivity index (χ0v) is 10.2. The predicted molar refractivity (Wildman–Crippen MR) is 61.7 cm³/mol. The molecule has 0 aromatic rings. The highest BCUT2D eigenvalue weighted by atomic mass is 32.2. The van der Waals surface area contributed by atoms with Gasteiger partial charge < -0.3 is 4.74 Å². The van der Waals surface area contributed by atoms with Crippen LogP contribution in [0.25, 0.3) is 0 Å². The van der Waals surface area contributed by atoms with E-state index in [1.165, 1.54) is 18.6 Å². The number of nitrogens with one attached hydrogen (secondary N) is 1. The van der Waals surface area contributed by atoms with Crippen molar-refractivity contribution >= 4 is 11.8 Å². The van der Waals surface area contributed by atoms with E-state index in [2.05, 4.69) is 26.1 Å². The Morgan fingerprint density at radius 1 is 1.43 bits per heavy atom. The van der Waals surface area contributed by atoms with Gasteiger partial charge in [0.05, 0.1) is 5.60 Å². The lowest BCUT2D eigenvalue weighted by molar-refractivity contribution is -0.188. The molecule has 2 atom stereocenters. The number of ether oxygens (including phenoxy) is 1. The Morgan fingerprint density at radius 3 is 2.79 bits per heavy atom. The predicted octanol–water partition coefficient (Wildman–Crippen LogP) is 2.39. The van der Waals surface area contributed by atoms with E-state index in [9.17, 15) is 0 Å². The molecule has 1 spiro atoms. The summed E-state index contributed by atoms with van der Waals surface area (Å²) in [7, 11) is 0. The molecule has 0 aliphatic carbocycles. The standard InChI is InChI=1S/C11H21NOS/c1-9-7-10(2,3)13-11(12-9)5-4-6-14-8-11/h9,12H,4-8H2,1-3H3. The lowest BCUT2D eigenvalue weighted by atomic mass is 9.93. The van der Waals surface area contributed by atoms with Crippen molar-refractivity contribution in [2.45, 2.75) is 57.4 Å². The molecule has 3 heteroatoms. The highest BCUT2D eigenvalue weighted by Gasteiger charge is 2.43. The molecule has 2 aliphatic heterocycles. The lowest BCUT2D eigenvalue weighted by Crippen LogP contribution is -2.63. The Balaban J connectivity index is 2.10. The molecule has 0 aromatic heterocycles. The van der Waals surface area contributed by atoms with Crippen LogP contribution in [-0.2, 0) is 4.74 Å². The van der Waals surface area contributed by atoms with Crippen molar-refractivity contribution in [3.8, 4) is 0 Å². The van der Waals surface area contributed by atoms with Crippen molar-refractivity contribution in [2.75, 3.05) is 11.5 Å². The van der Waals surface area contributed by atoms with E-state index in [1.54, 1.807) is 0 Å². The smallest absolute Gasteiger partial charge is 0.129 e. The third-order valence-electron chi connectivity index (χ3n) is 2.98. The van der Waals surface area contributed by atoms with Gasteiger partial charge in [0.1, 0.15) is 5.72 Å². The van der Waals surface area contributed by atoms with Crippen LogP contribution in [0.1, 0.15) is 40.0 Å². The number of hydrogen-bond acceptors (Lipinski definition) is 3. The van der Waals surface area contributed by atoms with Gasteiger partial charge in [-0.2, -0.15) is 11.8 Å². The van der Waals surface area contributed by atoms with Gasteiger partial charge in [-0.15, -0.1) is 0 Å². The summed E-state index contributed by atoms with van der Waals surface area (Å²) < 4.78 is 6.24. The first-order chi connectivity index (χ1) is 6.52. The van der Waals surface area contributed by atoms with E-state index in [1.807, 2.05) is 11.8 Å². The molecule has 1 N–H and O–H groups in total. The van der Waals surface area contributed by atoms with Crippen LogP contribution >= 0.6 is 11.8 Å². The van der Waals surface area contributed by atoms with Gasteiger partial charge in [0.25, 0.3) is 0 Å². The van der Waals surface area contributed by atoms with Crippen molar-refractivity contribution in [3.05, 3.63) is 0 Å². The molecule has 0 bridgehead atoms. The van der Waals surface area contributed by atoms with Crippen LogP contribution in [0.5, 0.6) is 0 Å². The minimum atomic E-state index is -0.0237. The van der Waals surface area contributed by atoms with Gasteiger partial charge in [-0.3, -0.25) is 5.32 Å². The third kappa shape index (κ3) is 2.26. The van der Waals surface area contributed by atoms with Crippen LogP contribution in [0, 0.1) is 0 Å². The average Bonchev–Trinajstić information content (AvgIpc) is 2.00. The Hall–Kier alpha value is 0.270. The van der Waals surface area contributed by atoms with E-state index in [4.69, 9.17) is 4.74 Å². The van der Waals surface area contributed by atoms with Crippen molar-refractivity contribution in [1.29, 1.82) is 0 Å². The summed E-state index contributed by atoms with van der Waals surface area (Å²) in [6.07, 6.45) is 3.56. The molecular formula is C11H21NOS. The van der Waals surface area contributed by atoms with E-state index in [0.717, 1.165) is 12.2 Å². The maximum Gasteiger partial charge on any atom is 0.129 e. The molecule has 2 rings (SSSR count). The fourth-order valence-corrected chi connectivity index (χ4v) is 3.91. The summed E-state index contributed by atoms with van der Waals surface area (Å²) in [4.78, 5) is 0. The topological polar surface area (TPSA) is 21.3 Å². The first-order valence-electron chi connectivity index (χ1n) is 5.57. The van der Waals surface area contributed by atoms with Gasteiger partial charge in [0.15, 0.2) is 0 Å². The maximum atomic E-state index is 6.24. The fraction of sp³-hybridized carbons (Fsp3) is 1.00. The number of rotatable bonds is 0. The average molecular weight is 215 g/mol. The summed E-state index contributed by atoms with van der Waals surface area (Å²) in [5, 5.41) is 3.64. The zero-order chi connectivity index (χ0) is 10.2. The second-order valence-corrected chi connectivity index (χ2v) is 6.37. The highest BCUT2D eigenvalue weighted by molar-refractivity contribution is 7.99. The van der Waals surface area contributed by atoms with Gasteiger partial charge in [-0.25, -0.2) is 0 Å². The maximum absolute atomic E-state index is 6.24. The molecule has 0 amide bonds. The second-order valence-electron chi connectivity index (χ2n) is 5.26. The Morgan fingerprint density at radius 2 is 2.21 bits per heavy atom. The monoisotopic (exact) mass is 215 g/mol. The summed E-state index contributed by atoms with van der Waals surface area (Å²) in [5.41, 5.74) is 0.0205. The molecule has 2 unspecified atom stereocenters. The van der Waals surface area contributed by atoms with Gasteiger partial charge in [0, 0.05) is 11.8 Å². The molecule has 0 aromatic carbocycles. The summed E-state index contributed by atoms with van der Waals surface area (Å²) in [6, 6.07) is 0.581. The molecule has 2 heterocycles. The Kier molecular flexibility index (Phi) is 2.84. The van der Waals surface area contributed by atoms with Crippen LogP contribution in [0.4, 0.5) is 0 Å². The van der Waals surface area contributed by atoms with Crippen LogP contribution in [0.3, 0.4) is 0 Å². The van der Waals surface area contributed by atoms with Gasteiger partial charge in [0.2, 0.25) is 0 Å². The van der Waals surface area contributed by atoms with E-state index in [0.29, 0.717) is 6.04 Å². The number of hydrogen-bond donors (Lipinski definition) is 1. The first kappa shape index (κ1) is 10.8. The van der Waals surface area contributed by atoms with Gasteiger partial charge in [-0.05, 0) is 45.8 Å². The minimum absolute atomic E-state index is 0.0237. The Bertz CT molecular complexity index is 211.